The van der Waals surface area contributed by atoms with Gasteiger partial charge in [0.1, 0.15) is 36.4 Å². The Balaban J connectivity index is 1.52. The maximum Gasteiger partial charge on any atom is 0.329 e. The standard InChI is InChI=1S/C53H81N5O12/c1-32-17-13-11-12-14-18-33(2)44(66-8)29-40-22-20-38(7)53(65,70-40)50(62)51(63)57-24-16-15-19-42(57)52(64)69-45(35(4)27-39-21-23-41(46(28-39)67-9)58-31-54-55-56-58)30-43(59)34(3)26-37(6)48(61)49(68-10)47(60)36(5)25-32/h11-14,18,26,31-32,34-36,38-42,44-46,48-49,61,65H,15-17,19-25,27-30H2,1-10H3/b13-11-,14-12-,33-18-,37-26-/t32-,34-,35-,36-,38-,39+,40+,41+,42+,44+,45+,46-,48-,49+,53-/m1/s1/i34T,38T,41T,42T. The lowest BCUT2D eigenvalue weighted by molar-refractivity contribution is -0.265. The molecule has 0 unspecified atom stereocenters. The number of hydrogen-bond acceptors (Lipinski definition) is 15. The Hall–Kier alpha value is -4.26. The zero-order chi connectivity index (χ0) is 55.0. The first kappa shape index (κ1) is 50.7. The summed E-state index contributed by atoms with van der Waals surface area (Å²) in [5, 5.41) is 35.0. The number of Topliss-reactive ketones (excluding diaryl/α,β-unsaturated/α-hetero) is 3. The molecule has 1 amide bonds. The molecule has 70 heavy (non-hydrogen) atoms. The Labute approximate surface area is 420 Å². The normalized spacial score (nSPS) is 43.6. The van der Waals surface area contributed by atoms with Crippen molar-refractivity contribution in [2.24, 2.45) is 35.5 Å². The van der Waals surface area contributed by atoms with Crippen LogP contribution in [0.25, 0.3) is 0 Å². The molecule has 1 aliphatic carbocycles. The van der Waals surface area contributed by atoms with Crippen LogP contribution in [0.5, 0.6) is 0 Å². The summed E-state index contributed by atoms with van der Waals surface area (Å²) >= 11 is 0. The number of aliphatic hydroxyl groups excluding tert-OH is 1. The van der Waals surface area contributed by atoms with E-state index in [1.165, 1.54) is 59.2 Å². The molecule has 3 fully saturated rings. The zero-order valence-corrected chi connectivity index (χ0v) is 42.9. The molecular weight excluding hydrogens is 899 g/mol. The molecule has 1 aromatic rings. The Morgan fingerprint density at radius 1 is 0.914 bits per heavy atom. The number of methoxy groups -OCH3 is 3. The minimum absolute atomic E-state index is 0.0355. The van der Waals surface area contributed by atoms with Crippen molar-refractivity contribution in [3.8, 4) is 0 Å². The third-order valence-electron chi connectivity index (χ3n) is 14.7. The first-order valence-electron chi connectivity index (χ1n) is 26.9. The van der Waals surface area contributed by atoms with Gasteiger partial charge in [0.2, 0.25) is 5.79 Å². The molecule has 15 atom stereocenters. The van der Waals surface area contributed by atoms with E-state index < -0.39 is 108 Å². The van der Waals surface area contributed by atoms with Crippen LogP contribution < -0.4 is 0 Å². The molecule has 1 saturated carbocycles. The summed E-state index contributed by atoms with van der Waals surface area (Å²) < 4.78 is 68.0. The fourth-order valence-corrected chi connectivity index (χ4v) is 10.3. The van der Waals surface area contributed by atoms with Gasteiger partial charge in [0, 0.05) is 61.2 Å². The van der Waals surface area contributed by atoms with Crippen LogP contribution in [0.3, 0.4) is 0 Å². The van der Waals surface area contributed by atoms with Crippen LogP contribution in [0.15, 0.2) is 53.9 Å². The van der Waals surface area contributed by atoms with Gasteiger partial charge in [0.05, 0.1) is 27.1 Å². The molecule has 17 nitrogen and oxygen atoms in total. The van der Waals surface area contributed by atoms with Crippen LogP contribution in [0.4, 0.5) is 0 Å². The Kier molecular flexibility index (Phi) is 19.1. The molecule has 5 rings (SSSR count). The highest BCUT2D eigenvalue weighted by Crippen LogP contribution is 2.39. The molecule has 0 aromatic carbocycles. The number of fused-ring (bicyclic) bond motifs is 3. The second kappa shape index (κ2) is 26.4. The fourth-order valence-electron chi connectivity index (χ4n) is 10.3. The van der Waals surface area contributed by atoms with Crippen LogP contribution in [0.2, 0.25) is 0 Å². The van der Waals surface area contributed by atoms with Gasteiger partial charge >= 0.3 is 5.97 Å². The summed E-state index contributed by atoms with van der Waals surface area (Å²) in [5.41, 5.74) is 0.931. The van der Waals surface area contributed by atoms with Gasteiger partial charge in [-0.2, -0.15) is 0 Å². The Bertz CT molecular complexity index is 2260. The van der Waals surface area contributed by atoms with E-state index in [-0.39, 0.29) is 61.8 Å². The fraction of sp³-hybridized carbons (Fsp3) is 0.736. The third kappa shape index (κ3) is 14.5. The average molecular weight is 988 g/mol. The van der Waals surface area contributed by atoms with Crippen molar-refractivity contribution in [3.05, 3.63) is 53.9 Å². The van der Waals surface area contributed by atoms with Gasteiger partial charge in [0.25, 0.3) is 11.7 Å². The third-order valence-corrected chi connectivity index (χ3v) is 14.7. The van der Waals surface area contributed by atoms with Gasteiger partial charge in [-0.3, -0.25) is 19.2 Å². The number of cyclic esters (lactones) is 1. The Morgan fingerprint density at radius 2 is 1.67 bits per heavy atom. The van der Waals surface area contributed by atoms with Crippen LogP contribution >= 0.6 is 0 Å². The number of nitrogens with zero attached hydrogens (tertiary/aromatic N) is 5. The van der Waals surface area contributed by atoms with Crippen molar-refractivity contribution < 1.29 is 63.4 Å². The molecule has 2 bridgehead atoms. The average Bonchev–Trinajstić information content (AvgIpc) is 3.91. The minimum atomic E-state index is -2.97. The number of tetrazole rings is 1. The molecule has 3 aliphatic heterocycles. The summed E-state index contributed by atoms with van der Waals surface area (Å²) in [6.07, 6.45) is 8.69. The molecular formula is C53H81N5O12. The maximum absolute atomic E-state index is 14.7. The maximum atomic E-state index is 14.7. The largest absolute Gasteiger partial charge is 0.460 e. The molecule has 1 aromatic heterocycles. The first-order chi connectivity index (χ1) is 34.7. The topological polar surface area (TPSA) is 219 Å². The number of esters is 1. The lowest BCUT2D eigenvalue weighted by Crippen LogP contribution is -2.61. The quantitative estimate of drug-likeness (QED) is 0.171. The van der Waals surface area contributed by atoms with Crippen molar-refractivity contribution in [3.63, 3.8) is 0 Å². The number of allylic oxidation sites excluding steroid dienone is 6. The number of ketones is 3. The van der Waals surface area contributed by atoms with Crippen LogP contribution in [-0.4, -0.2) is 141 Å². The lowest BCUT2D eigenvalue weighted by atomic mass is 9.77. The van der Waals surface area contributed by atoms with E-state index in [2.05, 4.69) is 15.5 Å². The van der Waals surface area contributed by atoms with Crippen molar-refractivity contribution in [2.45, 2.75) is 186 Å². The predicted octanol–water partition coefficient (Wildman–Crippen LogP) is 6.44. The zero-order valence-electron chi connectivity index (χ0n) is 46.9. The van der Waals surface area contributed by atoms with Gasteiger partial charge in [0.15, 0.2) is 5.78 Å². The number of aromatic nitrogens is 4. The van der Waals surface area contributed by atoms with Gasteiger partial charge in [-0.25, -0.2) is 9.48 Å². The van der Waals surface area contributed by atoms with Crippen molar-refractivity contribution in [1.82, 2.24) is 25.1 Å². The molecule has 4 heterocycles. The second-order valence-corrected chi connectivity index (χ2v) is 20.0. The number of rotatable bonds is 7. The lowest BCUT2D eigenvalue weighted by Gasteiger charge is -2.42. The number of aliphatic hydroxyl groups is 2. The van der Waals surface area contributed by atoms with Crippen LogP contribution in [0, 0.1) is 35.5 Å². The van der Waals surface area contributed by atoms with E-state index in [1.807, 2.05) is 44.2 Å². The van der Waals surface area contributed by atoms with Gasteiger partial charge in [-0.05, 0) is 124 Å². The molecule has 17 heteroatoms. The van der Waals surface area contributed by atoms with Gasteiger partial charge in [-0.15, -0.1) is 5.10 Å². The van der Waals surface area contributed by atoms with Crippen LogP contribution in [0.1, 0.15) is 143 Å². The summed E-state index contributed by atoms with van der Waals surface area (Å²) in [7, 11) is 4.32. The van der Waals surface area contributed by atoms with E-state index in [1.54, 1.807) is 13.8 Å². The van der Waals surface area contributed by atoms with E-state index >= 15 is 0 Å². The number of ether oxygens (including phenoxy) is 5. The van der Waals surface area contributed by atoms with Gasteiger partial charge < -0.3 is 38.8 Å². The summed E-state index contributed by atoms with van der Waals surface area (Å²) in [4.78, 5) is 72.7. The van der Waals surface area contributed by atoms with E-state index in [9.17, 15) is 38.3 Å². The van der Waals surface area contributed by atoms with E-state index in [4.69, 9.17) is 25.1 Å². The molecule has 4 aliphatic rings. The van der Waals surface area contributed by atoms with Crippen molar-refractivity contribution in [1.29, 1.82) is 0 Å². The highest BCUT2D eigenvalue weighted by molar-refractivity contribution is 6.39. The number of amides is 1. The number of hydrogen-bond donors (Lipinski definition) is 2. The highest BCUT2D eigenvalue weighted by Gasteiger charge is 2.53. The molecule has 2 saturated heterocycles. The van der Waals surface area contributed by atoms with E-state index in [0.717, 1.165) is 10.5 Å². The summed E-state index contributed by atoms with van der Waals surface area (Å²) in [5.74, 6) is -13.4. The Morgan fingerprint density at radius 3 is 2.36 bits per heavy atom. The van der Waals surface area contributed by atoms with E-state index in [0.29, 0.717) is 44.9 Å². The van der Waals surface area contributed by atoms with Gasteiger partial charge in [-0.1, -0.05) is 71.1 Å². The molecule has 2 N–H and O–H groups in total. The second-order valence-electron chi connectivity index (χ2n) is 20.0. The predicted molar refractivity (Wildman–Crippen MR) is 261 cm³/mol. The highest BCUT2D eigenvalue weighted by atomic mass is 16.6. The molecule has 0 spiro atoms. The number of carbonyl (C=O) groups excluding carboxylic acids is 5. The SMILES string of the molecule is [3H][C@@]12CCCCN1C(=O)C(=O)[C@]1(O)O[C@@H](CC[C@@]1([3H])C)C[C@H](OC)\C(C)=C/C=C\C=C/C[C@@H](C)C[C@@H](C)C(=O)[C@H](OC)[C@H](O)/C(C)=C\[C@@]([3H])(C)C(=O)C[C@@H]([C@H](C)C[C@@H]1CC[C@]([3H])(n3cnnn3)[C@H](OC)C1)OC2=O. The minimum Gasteiger partial charge on any atom is -0.460 e. The number of carbonyl (C=O) groups is 5. The monoisotopic (exact) mass is 988 g/mol. The van der Waals surface area contributed by atoms with Crippen molar-refractivity contribution in [2.75, 3.05) is 27.9 Å². The smallest absolute Gasteiger partial charge is 0.329 e. The number of piperidine rings is 1. The van der Waals surface area contributed by atoms with Crippen LogP contribution in [-0.2, 0) is 47.7 Å². The first-order valence-corrected chi connectivity index (χ1v) is 24.9. The van der Waals surface area contributed by atoms with Crippen molar-refractivity contribution >= 4 is 29.2 Å². The summed E-state index contributed by atoms with van der Waals surface area (Å²) in [6, 6.07) is -3.83. The molecule has 390 valence electrons. The molecule has 0 radical (unpaired) electrons. The summed E-state index contributed by atoms with van der Waals surface area (Å²) in [6.45, 7) is 11.3.